The molecule has 0 aliphatic carbocycles. The van der Waals surface area contributed by atoms with Gasteiger partial charge in [-0.25, -0.2) is 4.98 Å². The Morgan fingerprint density at radius 1 is 1.40 bits per heavy atom. The van der Waals surface area contributed by atoms with Gasteiger partial charge in [-0.1, -0.05) is 30.3 Å². The van der Waals surface area contributed by atoms with Crippen LogP contribution in [0.1, 0.15) is 11.3 Å². The minimum Gasteiger partial charge on any atom is -0.355 e. The van der Waals surface area contributed by atoms with Crippen LogP contribution in [0.25, 0.3) is 0 Å². The number of nitriles is 1. The summed E-state index contributed by atoms with van der Waals surface area (Å²) in [6, 6.07) is 11.6. The minimum atomic E-state index is -0.654. The summed E-state index contributed by atoms with van der Waals surface area (Å²) in [6.07, 6.45) is 4.44. The number of hydrogen-bond acceptors (Lipinski definition) is 3. The molecular formula is C15H16N4O. The zero-order chi connectivity index (χ0) is 14.2. The second-order valence-corrected chi connectivity index (χ2v) is 4.49. The third-order valence-electron chi connectivity index (χ3n) is 3.00. The predicted octanol–water partition coefficient (Wildman–Crippen LogP) is 1.45. The van der Waals surface area contributed by atoms with Crippen LogP contribution < -0.4 is 5.32 Å². The van der Waals surface area contributed by atoms with Gasteiger partial charge in [0.05, 0.1) is 12.4 Å². The van der Waals surface area contributed by atoms with Gasteiger partial charge in [-0.2, -0.15) is 5.26 Å². The Balaban J connectivity index is 1.82. The van der Waals surface area contributed by atoms with Crippen LogP contribution in [0.2, 0.25) is 0 Å². The maximum atomic E-state index is 11.9. The van der Waals surface area contributed by atoms with Crippen LogP contribution in [0.3, 0.4) is 0 Å². The number of hydrogen-bond donors (Lipinski definition) is 2. The zero-order valence-electron chi connectivity index (χ0n) is 11.0. The second-order valence-electron chi connectivity index (χ2n) is 4.49. The Bertz CT molecular complexity index is 572. The number of aromatic amines is 1. The monoisotopic (exact) mass is 268 g/mol. The number of H-pyrrole nitrogens is 1. The van der Waals surface area contributed by atoms with E-state index >= 15 is 0 Å². The molecule has 2 rings (SSSR count). The average Bonchev–Trinajstić information content (AvgIpc) is 2.99. The fourth-order valence-electron chi connectivity index (χ4n) is 1.91. The van der Waals surface area contributed by atoms with Crippen molar-refractivity contribution in [2.24, 2.45) is 5.92 Å². The topological polar surface area (TPSA) is 81.6 Å². The molecule has 0 saturated carbocycles. The van der Waals surface area contributed by atoms with Gasteiger partial charge < -0.3 is 10.3 Å². The Morgan fingerprint density at radius 2 is 2.20 bits per heavy atom. The van der Waals surface area contributed by atoms with Crippen LogP contribution in [-0.2, 0) is 17.6 Å². The summed E-state index contributed by atoms with van der Waals surface area (Å²) >= 11 is 0. The molecule has 20 heavy (non-hydrogen) atoms. The van der Waals surface area contributed by atoms with E-state index in [0.29, 0.717) is 19.4 Å². The predicted molar refractivity (Wildman–Crippen MR) is 74.6 cm³/mol. The van der Waals surface area contributed by atoms with Crippen LogP contribution in [-0.4, -0.2) is 22.4 Å². The number of amides is 1. The quantitative estimate of drug-likeness (QED) is 0.832. The molecule has 0 aliphatic rings. The average molecular weight is 268 g/mol. The van der Waals surface area contributed by atoms with Crippen molar-refractivity contribution in [3.63, 3.8) is 0 Å². The van der Waals surface area contributed by atoms with Crippen molar-refractivity contribution < 1.29 is 4.79 Å². The van der Waals surface area contributed by atoms with E-state index < -0.39 is 5.92 Å². The first-order chi connectivity index (χ1) is 9.79. The Hall–Kier alpha value is -2.61. The first-order valence-corrected chi connectivity index (χ1v) is 6.48. The number of carbonyl (C=O) groups excluding carboxylic acids is 1. The minimum absolute atomic E-state index is 0.226. The molecule has 0 radical (unpaired) electrons. The maximum Gasteiger partial charge on any atom is 0.237 e. The summed E-state index contributed by atoms with van der Waals surface area (Å²) in [4.78, 5) is 18.8. The number of carbonyl (C=O) groups is 1. The molecule has 1 atom stereocenters. The molecule has 0 aliphatic heterocycles. The molecular weight excluding hydrogens is 252 g/mol. The van der Waals surface area contributed by atoms with Gasteiger partial charge in [0.25, 0.3) is 0 Å². The van der Waals surface area contributed by atoms with Gasteiger partial charge in [0.1, 0.15) is 5.92 Å². The Kier molecular flexibility index (Phi) is 4.90. The van der Waals surface area contributed by atoms with E-state index in [1.807, 2.05) is 30.3 Å². The molecule has 0 fully saturated rings. The van der Waals surface area contributed by atoms with Crippen LogP contribution in [0, 0.1) is 17.2 Å². The lowest BCUT2D eigenvalue weighted by molar-refractivity contribution is -0.123. The Labute approximate surface area is 117 Å². The van der Waals surface area contributed by atoms with Crippen LogP contribution >= 0.6 is 0 Å². The normalized spacial score (nSPS) is 11.6. The smallest absolute Gasteiger partial charge is 0.237 e. The number of benzene rings is 1. The summed E-state index contributed by atoms with van der Waals surface area (Å²) in [5.74, 6) is -0.880. The van der Waals surface area contributed by atoms with Crippen molar-refractivity contribution in [2.75, 3.05) is 6.54 Å². The molecule has 1 heterocycles. The van der Waals surface area contributed by atoms with Crippen LogP contribution in [0.4, 0.5) is 0 Å². The number of nitrogens with zero attached hydrogens (tertiary/aromatic N) is 2. The molecule has 1 aromatic heterocycles. The van der Waals surface area contributed by atoms with Gasteiger partial charge in [0.15, 0.2) is 0 Å². The Morgan fingerprint density at radius 3 is 2.85 bits per heavy atom. The molecule has 1 aromatic carbocycles. The molecule has 1 amide bonds. The van der Waals surface area contributed by atoms with Gasteiger partial charge in [-0.15, -0.1) is 0 Å². The molecule has 2 N–H and O–H groups in total. The highest BCUT2D eigenvalue weighted by atomic mass is 16.1. The van der Waals surface area contributed by atoms with E-state index in [1.54, 1.807) is 12.5 Å². The molecule has 5 nitrogen and oxygen atoms in total. The summed E-state index contributed by atoms with van der Waals surface area (Å²) in [5.41, 5.74) is 1.95. The first-order valence-electron chi connectivity index (χ1n) is 6.48. The van der Waals surface area contributed by atoms with Crippen LogP contribution in [0.15, 0.2) is 42.9 Å². The standard InChI is InChI=1S/C15H16N4O/c16-9-13(8-12-4-2-1-3-5-12)15(20)18-7-6-14-10-17-11-19-14/h1-5,10-11,13H,6-8H2,(H,17,19)(H,18,20). The fraction of sp³-hybridized carbons (Fsp3) is 0.267. The van der Waals surface area contributed by atoms with Gasteiger partial charge >= 0.3 is 0 Å². The second kappa shape index (κ2) is 7.10. The van der Waals surface area contributed by atoms with E-state index in [4.69, 9.17) is 5.26 Å². The van der Waals surface area contributed by atoms with Crippen LogP contribution in [0.5, 0.6) is 0 Å². The number of nitrogens with one attached hydrogen (secondary N) is 2. The van der Waals surface area contributed by atoms with Crippen molar-refractivity contribution in [3.05, 3.63) is 54.1 Å². The molecule has 0 spiro atoms. The fourth-order valence-corrected chi connectivity index (χ4v) is 1.91. The van der Waals surface area contributed by atoms with E-state index in [-0.39, 0.29) is 5.91 Å². The molecule has 0 bridgehead atoms. The number of imidazole rings is 1. The molecule has 1 unspecified atom stereocenters. The third-order valence-corrected chi connectivity index (χ3v) is 3.00. The van der Waals surface area contributed by atoms with Gasteiger partial charge in [-0.3, -0.25) is 4.79 Å². The molecule has 5 heteroatoms. The first kappa shape index (κ1) is 13.8. The van der Waals surface area contributed by atoms with E-state index in [2.05, 4.69) is 21.4 Å². The SMILES string of the molecule is N#CC(Cc1ccccc1)C(=O)NCCc1cnc[nH]1. The summed E-state index contributed by atoms with van der Waals surface area (Å²) in [5, 5.41) is 11.9. The van der Waals surface area contributed by atoms with Crippen molar-refractivity contribution in [2.45, 2.75) is 12.8 Å². The lowest BCUT2D eigenvalue weighted by atomic mass is 10.00. The highest BCUT2D eigenvalue weighted by molar-refractivity contribution is 5.81. The number of rotatable bonds is 6. The summed E-state index contributed by atoms with van der Waals surface area (Å²) < 4.78 is 0. The summed E-state index contributed by atoms with van der Waals surface area (Å²) in [6.45, 7) is 0.494. The zero-order valence-corrected chi connectivity index (χ0v) is 11.0. The highest BCUT2D eigenvalue weighted by Crippen LogP contribution is 2.08. The summed E-state index contributed by atoms with van der Waals surface area (Å²) in [7, 11) is 0. The lowest BCUT2D eigenvalue weighted by Crippen LogP contribution is -2.32. The van der Waals surface area contributed by atoms with Crippen molar-refractivity contribution >= 4 is 5.91 Å². The van der Waals surface area contributed by atoms with Gasteiger partial charge in [0.2, 0.25) is 5.91 Å². The van der Waals surface area contributed by atoms with Crippen molar-refractivity contribution in [3.8, 4) is 6.07 Å². The highest BCUT2D eigenvalue weighted by Gasteiger charge is 2.17. The van der Waals surface area contributed by atoms with Gasteiger partial charge in [-0.05, 0) is 12.0 Å². The molecule has 102 valence electrons. The van der Waals surface area contributed by atoms with E-state index in [0.717, 1.165) is 11.3 Å². The van der Waals surface area contributed by atoms with E-state index in [1.165, 1.54) is 0 Å². The van der Waals surface area contributed by atoms with Crippen molar-refractivity contribution in [1.82, 2.24) is 15.3 Å². The lowest BCUT2D eigenvalue weighted by Gasteiger charge is -2.10. The molecule has 0 saturated heterocycles. The molecule has 2 aromatic rings. The van der Waals surface area contributed by atoms with Gasteiger partial charge in [0, 0.05) is 24.9 Å². The van der Waals surface area contributed by atoms with E-state index in [9.17, 15) is 4.79 Å². The maximum absolute atomic E-state index is 11.9. The third kappa shape index (κ3) is 3.95. The largest absolute Gasteiger partial charge is 0.355 e. The van der Waals surface area contributed by atoms with Crippen molar-refractivity contribution in [1.29, 1.82) is 5.26 Å². The number of aromatic nitrogens is 2.